The van der Waals surface area contributed by atoms with E-state index < -0.39 is 16.6 Å². The minimum absolute atomic E-state index is 0.0523. The number of carboxylic acids is 1. The van der Waals surface area contributed by atoms with E-state index in [2.05, 4.69) is 6.92 Å². The van der Waals surface area contributed by atoms with E-state index in [0.29, 0.717) is 17.1 Å². The molecule has 0 atom stereocenters. The molecule has 0 amide bonds. The van der Waals surface area contributed by atoms with Gasteiger partial charge in [-0.15, -0.1) is 10.6 Å². The van der Waals surface area contributed by atoms with Gasteiger partial charge in [0.25, 0.3) is 0 Å². The molecule has 0 aromatic heterocycles. The molecule has 1 aliphatic heterocycles. The van der Waals surface area contributed by atoms with Crippen molar-refractivity contribution in [2.75, 3.05) is 6.61 Å². The van der Waals surface area contributed by atoms with Gasteiger partial charge in [0.15, 0.2) is 0 Å². The van der Waals surface area contributed by atoms with E-state index in [-0.39, 0.29) is 11.3 Å². The number of carbonyl (C=O) groups is 1. The zero-order valence-electron chi connectivity index (χ0n) is 13.3. The maximum Gasteiger partial charge on any atom is 0.339 e. The maximum atomic E-state index is 11.4. The second kappa shape index (κ2) is 7.86. The predicted molar refractivity (Wildman–Crippen MR) is 92.4 cm³/mol. The van der Waals surface area contributed by atoms with E-state index in [1.54, 1.807) is 0 Å². The van der Waals surface area contributed by atoms with E-state index in [9.17, 15) is 19.0 Å². The molecule has 2 rings (SSSR count). The van der Waals surface area contributed by atoms with Gasteiger partial charge in [0.1, 0.15) is 11.3 Å². The number of hydrogen-bond donors (Lipinski definition) is 3. The standard InChI is InChI=1S/C17H24O5S/c1-2-3-4-5-6-7-11-22-16-13-10-12-23(20,21)15(13)9-8-14(16)17(18)19/h8-10,12,20-21H,2-7,11H2,1H3,(H,18,19). The zero-order valence-corrected chi connectivity index (χ0v) is 14.1. The summed E-state index contributed by atoms with van der Waals surface area (Å²) in [5.74, 6) is -0.847. The third-order valence-corrected chi connectivity index (χ3v) is 5.40. The first-order valence-electron chi connectivity index (χ1n) is 7.97. The molecule has 0 aliphatic carbocycles. The van der Waals surface area contributed by atoms with Gasteiger partial charge in [0, 0.05) is 11.0 Å². The summed E-state index contributed by atoms with van der Waals surface area (Å²) in [5, 5.41) is 10.6. The van der Waals surface area contributed by atoms with Gasteiger partial charge >= 0.3 is 5.97 Å². The molecule has 5 nitrogen and oxygen atoms in total. The fourth-order valence-corrected chi connectivity index (χ4v) is 3.84. The highest BCUT2D eigenvalue weighted by molar-refractivity contribution is 8.27. The summed E-state index contributed by atoms with van der Waals surface area (Å²) in [7, 11) is -2.97. The Hall–Kier alpha value is -1.50. The lowest BCUT2D eigenvalue weighted by Gasteiger charge is -2.26. The Morgan fingerprint density at radius 2 is 1.83 bits per heavy atom. The lowest BCUT2D eigenvalue weighted by molar-refractivity contribution is 0.0692. The van der Waals surface area contributed by atoms with Crippen LogP contribution in [0.5, 0.6) is 5.75 Å². The normalized spacial score (nSPS) is 16.1. The van der Waals surface area contributed by atoms with Gasteiger partial charge in [-0.1, -0.05) is 39.0 Å². The molecule has 1 aromatic rings. The topological polar surface area (TPSA) is 87.0 Å². The Balaban J connectivity index is 2.04. The van der Waals surface area contributed by atoms with Crippen molar-refractivity contribution in [2.45, 2.75) is 50.3 Å². The second-order valence-corrected chi connectivity index (χ2v) is 7.57. The van der Waals surface area contributed by atoms with Crippen molar-refractivity contribution < 1.29 is 23.7 Å². The Morgan fingerprint density at radius 1 is 1.13 bits per heavy atom. The lowest BCUT2D eigenvalue weighted by Crippen LogP contribution is -2.07. The largest absolute Gasteiger partial charge is 0.492 e. The molecule has 0 saturated heterocycles. The molecule has 3 N–H and O–H groups in total. The molecule has 6 heteroatoms. The summed E-state index contributed by atoms with van der Waals surface area (Å²) in [4.78, 5) is 11.7. The molecule has 23 heavy (non-hydrogen) atoms. The van der Waals surface area contributed by atoms with E-state index >= 15 is 0 Å². The molecule has 128 valence electrons. The Kier molecular flexibility index (Phi) is 6.10. The van der Waals surface area contributed by atoms with E-state index in [0.717, 1.165) is 19.3 Å². The first-order valence-corrected chi connectivity index (χ1v) is 9.58. The number of carboxylic acid groups (broad SMARTS) is 1. The van der Waals surface area contributed by atoms with Crippen LogP contribution in [0.2, 0.25) is 0 Å². The number of rotatable bonds is 9. The number of unbranched alkanes of at least 4 members (excludes halogenated alkanes) is 5. The van der Waals surface area contributed by atoms with Crippen molar-refractivity contribution in [1.29, 1.82) is 0 Å². The van der Waals surface area contributed by atoms with Crippen LogP contribution in [-0.2, 0) is 0 Å². The van der Waals surface area contributed by atoms with Gasteiger partial charge in [-0.05, 0) is 24.6 Å². The van der Waals surface area contributed by atoms with Crippen LogP contribution in [0, 0.1) is 0 Å². The summed E-state index contributed by atoms with van der Waals surface area (Å²) in [5.41, 5.74) is 0.521. The van der Waals surface area contributed by atoms with Gasteiger partial charge in [-0.3, -0.25) is 9.11 Å². The first-order chi connectivity index (χ1) is 11.0. The van der Waals surface area contributed by atoms with Gasteiger partial charge in [0.2, 0.25) is 0 Å². The third-order valence-electron chi connectivity index (χ3n) is 3.88. The SMILES string of the molecule is CCCCCCCCOc1c(C(=O)O)ccc2c1C=CS2(O)O. The van der Waals surface area contributed by atoms with E-state index in [4.69, 9.17) is 4.74 Å². The number of aromatic carboxylic acids is 1. The number of ether oxygens (including phenoxy) is 1. The predicted octanol–water partition coefficient (Wildman–Crippen LogP) is 5.22. The Labute approximate surface area is 138 Å². The Bertz CT molecular complexity index is 595. The average molecular weight is 340 g/mol. The van der Waals surface area contributed by atoms with Gasteiger partial charge < -0.3 is 9.84 Å². The smallest absolute Gasteiger partial charge is 0.339 e. The summed E-state index contributed by atoms with van der Waals surface area (Å²) >= 11 is 0. The monoisotopic (exact) mass is 340 g/mol. The van der Waals surface area contributed by atoms with Crippen molar-refractivity contribution >= 4 is 22.6 Å². The van der Waals surface area contributed by atoms with Crippen LogP contribution in [0.4, 0.5) is 0 Å². The molecule has 0 bridgehead atoms. The molecule has 0 fully saturated rings. The zero-order chi connectivity index (χ0) is 16.9. The van der Waals surface area contributed by atoms with Gasteiger partial charge in [0.05, 0.1) is 11.5 Å². The van der Waals surface area contributed by atoms with Crippen LogP contribution in [0.25, 0.3) is 6.08 Å². The highest BCUT2D eigenvalue weighted by Gasteiger charge is 2.28. The fourth-order valence-electron chi connectivity index (χ4n) is 2.62. The molecule has 0 radical (unpaired) electrons. The van der Waals surface area contributed by atoms with Gasteiger partial charge in [-0.25, -0.2) is 4.79 Å². The molecule has 0 saturated carbocycles. The van der Waals surface area contributed by atoms with Crippen molar-refractivity contribution in [2.24, 2.45) is 0 Å². The van der Waals surface area contributed by atoms with Crippen LogP contribution in [0.1, 0.15) is 61.4 Å². The second-order valence-electron chi connectivity index (χ2n) is 5.67. The van der Waals surface area contributed by atoms with Crippen molar-refractivity contribution in [3.8, 4) is 5.75 Å². The highest BCUT2D eigenvalue weighted by Crippen LogP contribution is 2.58. The quantitative estimate of drug-likeness (QED) is 0.537. The third kappa shape index (κ3) is 4.28. The van der Waals surface area contributed by atoms with Crippen LogP contribution >= 0.6 is 10.6 Å². The summed E-state index contributed by atoms with van der Waals surface area (Å²) in [6.45, 7) is 2.60. The maximum absolute atomic E-state index is 11.4. The van der Waals surface area contributed by atoms with Crippen molar-refractivity contribution in [3.63, 3.8) is 0 Å². The molecule has 1 heterocycles. The Morgan fingerprint density at radius 3 is 2.52 bits per heavy atom. The first kappa shape index (κ1) is 17.8. The van der Waals surface area contributed by atoms with Crippen LogP contribution in [0.15, 0.2) is 22.4 Å². The van der Waals surface area contributed by atoms with Crippen molar-refractivity contribution in [3.05, 3.63) is 28.7 Å². The van der Waals surface area contributed by atoms with E-state index in [1.165, 1.54) is 42.9 Å². The summed E-state index contributed by atoms with van der Waals surface area (Å²) in [6.07, 6.45) is 8.23. The van der Waals surface area contributed by atoms with Crippen LogP contribution in [-0.4, -0.2) is 26.8 Å². The lowest BCUT2D eigenvalue weighted by atomic mass is 10.1. The molecular formula is C17H24O5S. The molecular weight excluding hydrogens is 316 g/mol. The fraction of sp³-hybridized carbons (Fsp3) is 0.471. The molecule has 0 unspecified atom stereocenters. The summed E-state index contributed by atoms with van der Waals surface area (Å²) in [6, 6.07) is 2.82. The molecule has 1 aromatic carbocycles. The number of benzene rings is 1. The van der Waals surface area contributed by atoms with Gasteiger partial charge in [-0.2, -0.15) is 0 Å². The van der Waals surface area contributed by atoms with E-state index in [1.807, 2.05) is 0 Å². The van der Waals surface area contributed by atoms with Crippen molar-refractivity contribution in [1.82, 2.24) is 0 Å². The molecule has 1 aliphatic rings. The number of hydrogen-bond acceptors (Lipinski definition) is 4. The minimum atomic E-state index is -2.97. The average Bonchev–Trinajstić information content (AvgIpc) is 2.82. The minimum Gasteiger partial charge on any atom is -0.492 e. The highest BCUT2D eigenvalue weighted by atomic mass is 32.3. The molecule has 0 spiro atoms. The van der Waals surface area contributed by atoms with Crippen LogP contribution < -0.4 is 4.74 Å². The summed E-state index contributed by atoms with van der Waals surface area (Å²) < 4.78 is 25.6. The van der Waals surface area contributed by atoms with Crippen LogP contribution in [0.3, 0.4) is 0 Å². The number of fused-ring (bicyclic) bond motifs is 1.